The minimum absolute atomic E-state index is 0.421. The van der Waals surface area contributed by atoms with E-state index in [1.807, 2.05) is 12.1 Å². The zero-order valence-corrected chi connectivity index (χ0v) is 12.2. The SMILES string of the molecule is C=Cc1cc(OC)c2nc([C@H](C)CC(C)C)[nH]c2c1. The van der Waals surface area contributed by atoms with Crippen molar-refractivity contribution >= 4 is 17.1 Å². The average Bonchev–Trinajstić information content (AvgIpc) is 2.80. The molecular formula is C16H22N2O. The fourth-order valence-electron chi connectivity index (χ4n) is 2.45. The second kappa shape index (κ2) is 5.47. The van der Waals surface area contributed by atoms with Crippen LogP contribution in [0, 0.1) is 5.92 Å². The second-order valence-corrected chi connectivity index (χ2v) is 5.48. The maximum absolute atomic E-state index is 5.41. The summed E-state index contributed by atoms with van der Waals surface area (Å²) in [4.78, 5) is 8.11. The number of fused-ring (bicyclic) bond motifs is 1. The van der Waals surface area contributed by atoms with Gasteiger partial charge in [0.1, 0.15) is 17.1 Å². The molecular weight excluding hydrogens is 236 g/mol. The predicted octanol–water partition coefficient (Wildman–Crippen LogP) is 4.36. The van der Waals surface area contributed by atoms with Crippen molar-refractivity contribution in [2.45, 2.75) is 33.1 Å². The first-order valence-corrected chi connectivity index (χ1v) is 6.75. The summed E-state index contributed by atoms with van der Waals surface area (Å²) in [7, 11) is 1.67. The minimum atomic E-state index is 0.421. The van der Waals surface area contributed by atoms with Gasteiger partial charge in [-0.1, -0.05) is 33.4 Å². The third-order valence-corrected chi connectivity index (χ3v) is 3.34. The molecule has 0 aliphatic carbocycles. The number of rotatable bonds is 5. The van der Waals surface area contributed by atoms with Crippen molar-refractivity contribution < 1.29 is 4.74 Å². The van der Waals surface area contributed by atoms with E-state index in [2.05, 4.69) is 38.4 Å². The molecule has 3 nitrogen and oxygen atoms in total. The molecule has 0 amide bonds. The standard InChI is InChI=1S/C16H22N2O/c1-6-12-8-13-15(14(9-12)19-5)18-16(17-13)11(4)7-10(2)3/h6,8-11H,1,7H2,2-5H3,(H,17,18)/t11-/m1/s1. The number of hydrogen-bond donors (Lipinski definition) is 1. The topological polar surface area (TPSA) is 37.9 Å². The van der Waals surface area contributed by atoms with E-state index < -0.39 is 0 Å². The molecule has 1 atom stereocenters. The van der Waals surface area contributed by atoms with Crippen molar-refractivity contribution in [1.82, 2.24) is 9.97 Å². The molecule has 1 N–H and O–H groups in total. The van der Waals surface area contributed by atoms with Gasteiger partial charge in [0, 0.05) is 5.92 Å². The van der Waals surface area contributed by atoms with E-state index in [0.29, 0.717) is 11.8 Å². The van der Waals surface area contributed by atoms with E-state index in [0.717, 1.165) is 34.6 Å². The van der Waals surface area contributed by atoms with Crippen LogP contribution in [0.3, 0.4) is 0 Å². The van der Waals surface area contributed by atoms with Crippen molar-refractivity contribution in [2.75, 3.05) is 7.11 Å². The van der Waals surface area contributed by atoms with Crippen LogP contribution in [0.15, 0.2) is 18.7 Å². The summed E-state index contributed by atoms with van der Waals surface area (Å²) in [6.07, 6.45) is 2.94. The average molecular weight is 258 g/mol. The van der Waals surface area contributed by atoms with Crippen LogP contribution in [0.4, 0.5) is 0 Å². The third-order valence-electron chi connectivity index (χ3n) is 3.34. The molecule has 2 rings (SSSR count). The summed E-state index contributed by atoms with van der Waals surface area (Å²) >= 11 is 0. The Kier molecular flexibility index (Phi) is 3.93. The monoisotopic (exact) mass is 258 g/mol. The number of H-pyrrole nitrogens is 1. The van der Waals surface area contributed by atoms with E-state index >= 15 is 0 Å². The summed E-state index contributed by atoms with van der Waals surface area (Å²) in [5.41, 5.74) is 2.95. The molecule has 19 heavy (non-hydrogen) atoms. The molecule has 0 radical (unpaired) electrons. The molecule has 0 saturated carbocycles. The van der Waals surface area contributed by atoms with Gasteiger partial charge in [-0.05, 0) is 30.0 Å². The van der Waals surface area contributed by atoms with Crippen LogP contribution in [0.5, 0.6) is 5.75 Å². The molecule has 0 aliphatic rings. The van der Waals surface area contributed by atoms with Crippen LogP contribution in [-0.2, 0) is 0 Å². The lowest BCUT2D eigenvalue weighted by molar-refractivity contribution is 0.418. The van der Waals surface area contributed by atoms with Crippen LogP contribution in [-0.4, -0.2) is 17.1 Å². The fourth-order valence-corrected chi connectivity index (χ4v) is 2.45. The number of benzene rings is 1. The summed E-state index contributed by atoms with van der Waals surface area (Å²) in [6.45, 7) is 10.5. The Morgan fingerprint density at radius 1 is 1.37 bits per heavy atom. The van der Waals surface area contributed by atoms with Crippen molar-refractivity contribution in [1.29, 1.82) is 0 Å². The van der Waals surface area contributed by atoms with Gasteiger partial charge in [-0.3, -0.25) is 0 Å². The van der Waals surface area contributed by atoms with Gasteiger partial charge in [0.05, 0.1) is 12.6 Å². The van der Waals surface area contributed by atoms with E-state index in [4.69, 9.17) is 9.72 Å². The molecule has 0 fully saturated rings. The molecule has 0 aliphatic heterocycles. The molecule has 3 heteroatoms. The molecule has 2 aromatic rings. The third kappa shape index (κ3) is 2.80. The summed E-state index contributed by atoms with van der Waals surface area (Å²) < 4.78 is 5.41. The van der Waals surface area contributed by atoms with E-state index in [1.54, 1.807) is 7.11 Å². The van der Waals surface area contributed by atoms with Gasteiger partial charge >= 0.3 is 0 Å². The fraction of sp³-hybridized carbons (Fsp3) is 0.438. The Hall–Kier alpha value is -1.77. The highest BCUT2D eigenvalue weighted by atomic mass is 16.5. The Balaban J connectivity index is 2.47. The number of imidazole rings is 1. The van der Waals surface area contributed by atoms with Crippen molar-refractivity contribution in [2.24, 2.45) is 5.92 Å². The van der Waals surface area contributed by atoms with Crippen molar-refractivity contribution in [3.8, 4) is 5.75 Å². The Morgan fingerprint density at radius 3 is 2.68 bits per heavy atom. The van der Waals surface area contributed by atoms with E-state index in [9.17, 15) is 0 Å². The van der Waals surface area contributed by atoms with Gasteiger partial charge < -0.3 is 9.72 Å². The van der Waals surface area contributed by atoms with Gasteiger partial charge in [0.25, 0.3) is 0 Å². The van der Waals surface area contributed by atoms with Crippen LogP contribution < -0.4 is 4.74 Å². The zero-order chi connectivity index (χ0) is 14.0. The quantitative estimate of drug-likeness (QED) is 0.865. The highest BCUT2D eigenvalue weighted by Crippen LogP contribution is 2.29. The maximum atomic E-state index is 5.41. The summed E-state index contributed by atoms with van der Waals surface area (Å²) in [6, 6.07) is 4.02. The lowest BCUT2D eigenvalue weighted by Crippen LogP contribution is -2.00. The lowest BCUT2D eigenvalue weighted by atomic mass is 9.98. The molecule has 0 unspecified atom stereocenters. The number of methoxy groups -OCH3 is 1. The molecule has 1 aromatic heterocycles. The predicted molar refractivity (Wildman–Crippen MR) is 80.6 cm³/mol. The normalized spacial score (nSPS) is 12.9. The minimum Gasteiger partial charge on any atom is -0.494 e. The number of aromatic nitrogens is 2. The van der Waals surface area contributed by atoms with Gasteiger partial charge in [-0.25, -0.2) is 4.98 Å². The molecule has 102 valence electrons. The largest absolute Gasteiger partial charge is 0.494 e. The lowest BCUT2D eigenvalue weighted by Gasteiger charge is -2.10. The first kappa shape index (κ1) is 13.7. The highest BCUT2D eigenvalue weighted by Gasteiger charge is 2.15. The van der Waals surface area contributed by atoms with Gasteiger partial charge in [-0.15, -0.1) is 0 Å². The van der Waals surface area contributed by atoms with Crippen molar-refractivity contribution in [3.63, 3.8) is 0 Å². The van der Waals surface area contributed by atoms with Gasteiger partial charge in [0.15, 0.2) is 0 Å². The molecule has 1 aromatic carbocycles. The smallest absolute Gasteiger partial charge is 0.147 e. The van der Waals surface area contributed by atoms with E-state index in [1.165, 1.54) is 0 Å². The van der Waals surface area contributed by atoms with Gasteiger partial charge in [-0.2, -0.15) is 0 Å². The van der Waals surface area contributed by atoms with Crippen LogP contribution in [0.25, 0.3) is 17.1 Å². The number of nitrogens with one attached hydrogen (secondary N) is 1. The van der Waals surface area contributed by atoms with Crippen LogP contribution in [0.2, 0.25) is 0 Å². The Morgan fingerprint density at radius 2 is 2.11 bits per heavy atom. The molecule has 0 saturated heterocycles. The first-order valence-electron chi connectivity index (χ1n) is 6.75. The Bertz CT molecular complexity index is 584. The number of hydrogen-bond acceptors (Lipinski definition) is 2. The number of ether oxygens (including phenoxy) is 1. The molecule has 0 bridgehead atoms. The maximum Gasteiger partial charge on any atom is 0.147 e. The second-order valence-electron chi connectivity index (χ2n) is 5.48. The molecule has 1 heterocycles. The number of aromatic amines is 1. The summed E-state index contributed by atoms with van der Waals surface area (Å²) in [5, 5.41) is 0. The van der Waals surface area contributed by atoms with Crippen LogP contribution >= 0.6 is 0 Å². The Labute approximate surface area is 114 Å². The van der Waals surface area contributed by atoms with E-state index in [-0.39, 0.29) is 0 Å². The summed E-state index contributed by atoms with van der Waals surface area (Å²) in [5.74, 6) is 2.91. The highest BCUT2D eigenvalue weighted by molar-refractivity contribution is 5.84. The zero-order valence-electron chi connectivity index (χ0n) is 12.2. The van der Waals surface area contributed by atoms with Gasteiger partial charge in [0.2, 0.25) is 0 Å². The number of nitrogens with zero attached hydrogens (tertiary/aromatic N) is 1. The van der Waals surface area contributed by atoms with Crippen molar-refractivity contribution in [3.05, 3.63) is 30.1 Å². The molecule has 0 spiro atoms. The first-order chi connectivity index (χ1) is 9.05. The van der Waals surface area contributed by atoms with Crippen LogP contribution in [0.1, 0.15) is 44.5 Å².